The second-order valence-corrected chi connectivity index (χ2v) is 4.95. The smallest absolute Gasteiger partial charge is 0.193 e. The molecule has 1 fully saturated rings. The molecule has 20 heavy (non-hydrogen) atoms. The van der Waals surface area contributed by atoms with Crippen LogP contribution in [0.1, 0.15) is 26.7 Å². The van der Waals surface area contributed by atoms with Crippen LogP contribution in [0.3, 0.4) is 0 Å². The number of piperidine rings is 1. The predicted molar refractivity (Wildman–Crippen MR) is 83.3 cm³/mol. The summed E-state index contributed by atoms with van der Waals surface area (Å²) in [5.41, 5.74) is 0. The fraction of sp³-hybridized carbons (Fsp3) is 0.562. The van der Waals surface area contributed by atoms with Gasteiger partial charge in [-0.05, 0) is 26.0 Å². The van der Waals surface area contributed by atoms with E-state index in [1.54, 1.807) is 0 Å². The van der Waals surface area contributed by atoms with E-state index in [-0.39, 0.29) is 0 Å². The summed E-state index contributed by atoms with van der Waals surface area (Å²) >= 11 is 0. The minimum Gasteiger partial charge on any atom is -0.490 e. The zero-order valence-corrected chi connectivity index (χ0v) is 12.5. The highest BCUT2D eigenvalue weighted by Crippen LogP contribution is 2.18. The molecule has 4 heteroatoms. The van der Waals surface area contributed by atoms with Gasteiger partial charge in [0.2, 0.25) is 0 Å². The van der Waals surface area contributed by atoms with Crippen LogP contribution < -0.4 is 10.1 Å². The van der Waals surface area contributed by atoms with Crippen LogP contribution in [-0.4, -0.2) is 43.1 Å². The van der Waals surface area contributed by atoms with Crippen molar-refractivity contribution in [3.05, 3.63) is 30.3 Å². The summed E-state index contributed by atoms with van der Waals surface area (Å²) in [6.45, 7) is 7.92. The first-order valence-electron chi connectivity index (χ1n) is 7.58. The Kier molecular flexibility index (Phi) is 5.71. The van der Waals surface area contributed by atoms with E-state index in [2.05, 4.69) is 29.1 Å². The van der Waals surface area contributed by atoms with Crippen LogP contribution >= 0.6 is 0 Å². The Morgan fingerprint density at radius 3 is 2.55 bits per heavy atom. The van der Waals surface area contributed by atoms with Crippen LogP contribution in [0.2, 0.25) is 0 Å². The average Bonchev–Trinajstić information content (AvgIpc) is 2.49. The van der Waals surface area contributed by atoms with E-state index in [4.69, 9.17) is 4.74 Å². The molecule has 1 aromatic carbocycles. The number of guanidine groups is 1. The van der Waals surface area contributed by atoms with Crippen LogP contribution in [0.25, 0.3) is 0 Å². The number of rotatable bonds is 4. The lowest BCUT2D eigenvalue weighted by atomic mass is 10.1. The van der Waals surface area contributed by atoms with Crippen LogP contribution in [-0.2, 0) is 0 Å². The second kappa shape index (κ2) is 7.78. The second-order valence-electron chi connectivity index (χ2n) is 4.95. The standard InChI is InChI=1S/C16H25N3O/c1-3-17-16(18-4-2)19-12-10-15(11-13-19)20-14-8-6-5-7-9-14/h5-9,15H,3-4,10-13H2,1-2H3,(H,17,18). The molecule has 0 aromatic heterocycles. The van der Waals surface area contributed by atoms with Gasteiger partial charge in [0, 0.05) is 39.0 Å². The third-order valence-corrected chi connectivity index (χ3v) is 3.43. The molecular weight excluding hydrogens is 250 g/mol. The Bertz CT molecular complexity index is 411. The van der Waals surface area contributed by atoms with E-state index < -0.39 is 0 Å². The molecule has 1 aliphatic heterocycles. The third-order valence-electron chi connectivity index (χ3n) is 3.43. The molecule has 0 radical (unpaired) electrons. The summed E-state index contributed by atoms with van der Waals surface area (Å²) in [4.78, 5) is 6.87. The van der Waals surface area contributed by atoms with E-state index in [9.17, 15) is 0 Å². The Balaban J connectivity index is 1.84. The Labute approximate surface area is 121 Å². The highest BCUT2D eigenvalue weighted by atomic mass is 16.5. The van der Waals surface area contributed by atoms with Crippen LogP contribution in [0, 0.1) is 0 Å². The summed E-state index contributed by atoms with van der Waals surface area (Å²) in [6, 6.07) is 10.1. The zero-order valence-electron chi connectivity index (χ0n) is 12.5. The van der Waals surface area contributed by atoms with E-state index in [1.807, 2.05) is 30.3 Å². The number of hydrogen-bond donors (Lipinski definition) is 1. The van der Waals surface area contributed by atoms with Gasteiger partial charge >= 0.3 is 0 Å². The number of ether oxygens (including phenoxy) is 1. The summed E-state index contributed by atoms with van der Waals surface area (Å²) in [7, 11) is 0. The van der Waals surface area contributed by atoms with Crippen molar-refractivity contribution < 1.29 is 4.74 Å². The van der Waals surface area contributed by atoms with E-state index >= 15 is 0 Å². The quantitative estimate of drug-likeness (QED) is 0.677. The van der Waals surface area contributed by atoms with Gasteiger partial charge in [-0.2, -0.15) is 0 Å². The number of likely N-dealkylation sites (tertiary alicyclic amines) is 1. The molecule has 0 saturated carbocycles. The topological polar surface area (TPSA) is 36.9 Å². The number of hydrogen-bond acceptors (Lipinski definition) is 2. The Morgan fingerprint density at radius 2 is 1.95 bits per heavy atom. The molecule has 1 heterocycles. The van der Waals surface area contributed by atoms with Crippen LogP contribution in [0.4, 0.5) is 0 Å². The summed E-state index contributed by atoms with van der Waals surface area (Å²) in [6.07, 6.45) is 2.41. The molecule has 1 aliphatic rings. The Hall–Kier alpha value is -1.71. The lowest BCUT2D eigenvalue weighted by Crippen LogP contribution is -2.47. The van der Waals surface area contributed by atoms with Crippen molar-refractivity contribution in [1.29, 1.82) is 0 Å². The predicted octanol–water partition coefficient (Wildman–Crippen LogP) is 2.52. The maximum atomic E-state index is 6.02. The van der Waals surface area contributed by atoms with Crippen molar-refractivity contribution in [3.8, 4) is 5.75 Å². The molecular formula is C16H25N3O. The van der Waals surface area contributed by atoms with Gasteiger partial charge in [-0.3, -0.25) is 4.99 Å². The van der Waals surface area contributed by atoms with Crippen molar-refractivity contribution >= 4 is 5.96 Å². The fourth-order valence-corrected chi connectivity index (χ4v) is 2.45. The van der Waals surface area contributed by atoms with Gasteiger partial charge in [-0.1, -0.05) is 18.2 Å². The molecule has 0 amide bonds. The minimum absolute atomic E-state index is 0.318. The first kappa shape index (κ1) is 14.7. The number of benzene rings is 1. The first-order chi connectivity index (χ1) is 9.83. The normalized spacial score (nSPS) is 17.1. The van der Waals surface area contributed by atoms with Gasteiger partial charge in [-0.15, -0.1) is 0 Å². The first-order valence-corrected chi connectivity index (χ1v) is 7.58. The molecule has 0 bridgehead atoms. The highest BCUT2D eigenvalue weighted by Gasteiger charge is 2.22. The number of nitrogens with one attached hydrogen (secondary N) is 1. The van der Waals surface area contributed by atoms with Gasteiger partial charge in [-0.25, -0.2) is 0 Å². The molecule has 4 nitrogen and oxygen atoms in total. The van der Waals surface area contributed by atoms with Crippen molar-refractivity contribution in [2.45, 2.75) is 32.8 Å². The number of para-hydroxylation sites is 1. The van der Waals surface area contributed by atoms with Crippen molar-refractivity contribution in [2.24, 2.45) is 4.99 Å². The van der Waals surface area contributed by atoms with Crippen molar-refractivity contribution in [2.75, 3.05) is 26.2 Å². The SMILES string of the molecule is CCN=C(NCC)N1CCC(Oc2ccccc2)CC1. The lowest BCUT2D eigenvalue weighted by molar-refractivity contribution is 0.129. The molecule has 0 unspecified atom stereocenters. The minimum atomic E-state index is 0.318. The molecule has 1 N–H and O–H groups in total. The van der Waals surface area contributed by atoms with Gasteiger partial charge in [0.1, 0.15) is 11.9 Å². The molecule has 0 atom stereocenters. The molecule has 2 rings (SSSR count). The van der Waals surface area contributed by atoms with Gasteiger partial charge in [0.25, 0.3) is 0 Å². The van der Waals surface area contributed by atoms with E-state index in [1.165, 1.54) is 0 Å². The van der Waals surface area contributed by atoms with Gasteiger partial charge < -0.3 is 15.0 Å². The fourth-order valence-electron chi connectivity index (χ4n) is 2.45. The Morgan fingerprint density at radius 1 is 1.25 bits per heavy atom. The van der Waals surface area contributed by atoms with Crippen LogP contribution in [0.5, 0.6) is 5.75 Å². The average molecular weight is 275 g/mol. The van der Waals surface area contributed by atoms with Crippen molar-refractivity contribution in [3.63, 3.8) is 0 Å². The molecule has 110 valence electrons. The number of aliphatic imine (C=N–C) groups is 1. The van der Waals surface area contributed by atoms with Gasteiger partial charge in [0.15, 0.2) is 5.96 Å². The molecule has 1 aromatic rings. The summed E-state index contributed by atoms with van der Waals surface area (Å²) in [5, 5.41) is 3.35. The maximum Gasteiger partial charge on any atom is 0.193 e. The largest absolute Gasteiger partial charge is 0.490 e. The third kappa shape index (κ3) is 4.15. The monoisotopic (exact) mass is 275 g/mol. The lowest BCUT2D eigenvalue weighted by Gasteiger charge is -2.34. The van der Waals surface area contributed by atoms with E-state index in [0.717, 1.165) is 50.7 Å². The number of nitrogens with zero attached hydrogens (tertiary/aromatic N) is 2. The van der Waals surface area contributed by atoms with E-state index in [0.29, 0.717) is 6.10 Å². The van der Waals surface area contributed by atoms with Gasteiger partial charge in [0.05, 0.1) is 0 Å². The van der Waals surface area contributed by atoms with Crippen LogP contribution in [0.15, 0.2) is 35.3 Å². The highest BCUT2D eigenvalue weighted by molar-refractivity contribution is 5.80. The summed E-state index contributed by atoms with van der Waals surface area (Å²) in [5.74, 6) is 2.01. The maximum absolute atomic E-state index is 6.02. The molecule has 0 spiro atoms. The van der Waals surface area contributed by atoms with Crippen molar-refractivity contribution in [1.82, 2.24) is 10.2 Å². The molecule has 1 saturated heterocycles. The zero-order chi connectivity index (χ0) is 14.2. The molecule has 0 aliphatic carbocycles. The summed E-state index contributed by atoms with van der Waals surface area (Å²) < 4.78 is 6.02.